The summed E-state index contributed by atoms with van der Waals surface area (Å²) in [4.78, 5) is 0. The van der Waals surface area contributed by atoms with Gasteiger partial charge in [-0.1, -0.05) is 25.1 Å². The number of benzene rings is 2. The number of hydrogen-bond acceptors (Lipinski definition) is 4. The summed E-state index contributed by atoms with van der Waals surface area (Å²) in [6, 6.07) is 13.8. The van der Waals surface area contributed by atoms with Gasteiger partial charge in [-0.15, -0.1) is 0 Å². The first-order chi connectivity index (χ1) is 10.3. The fourth-order valence-electron chi connectivity index (χ4n) is 2.35. The highest BCUT2D eigenvalue weighted by Crippen LogP contribution is 2.34. The van der Waals surface area contributed by atoms with Crippen LogP contribution in [0.1, 0.15) is 24.2 Å². The van der Waals surface area contributed by atoms with Crippen LogP contribution >= 0.6 is 0 Å². The molecule has 0 aromatic heterocycles. The maximum Gasteiger partial charge on any atom is 0.231 e. The molecule has 2 aromatic carbocycles. The van der Waals surface area contributed by atoms with Crippen LogP contribution in [0.25, 0.3) is 0 Å². The van der Waals surface area contributed by atoms with E-state index in [1.54, 1.807) is 0 Å². The van der Waals surface area contributed by atoms with Crippen molar-refractivity contribution in [3.8, 4) is 11.5 Å². The molecule has 1 aliphatic heterocycles. The van der Waals surface area contributed by atoms with Gasteiger partial charge in [0.25, 0.3) is 0 Å². The van der Waals surface area contributed by atoms with Crippen molar-refractivity contribution in [2.24, 2.45) is 0 Å². The molecule has 3 rings (SSSR count). The van der Waals surface area contributed by atoms with Gasteiger partial charge >= 0.3 is 0 Å². The number of hydrogen-bond donors (Lipinski definition) is 2. The lowest BCUT2D eigenvalue weighted by Crippen LogP contribution is -2.12. The molecule has 1 unspecified atom stereocenters. The molecule has 0 aliphatic carbocycles. The van der Waals surface area contributed by atoms with Crippen LogP contribution in [0.4, 0.5) is 5.69 Å². The molecule has 0 radical (unpaired) electrons. The predicted octanol–water partition coefficient (Wildman–Crippen LogP) is 3.12. The van der Waals surface area contributed by atoms with Crippen molar-refractivity contribution in [3.63, 3.8) is 0 Å². The minimum absolute atomic E-state index is 0.247. The molecule has 0 amide bonds. The van der Waals surface area contributed by atoms with E-state index in [0.29, 0.717) is 12.3 Å². The Morgan fingerprint density at radius 3 is 2.86 bits per heavy atom. The van der Waals surface area contributed by atoms with E-state index in [9.17, 15) is 5.11 Å². The van der Waals surface area contributed by atoms with E-state index in [1.165, 1.54) is 5.56 Å². The Bertz CT molecular complexity index is 627. The predicted molar refractivity (Wildman–Crippen MR) is 81.8 cm³/mol. The van der Waals surface area contributed by atoms with Gasteiger partial charge in [-0.2, -0.15) is 0 Å². The van der Waals surface area contributed by atoms with Gasteiger partial charge < -0.3 is 19.9 Å². The third-order valence-corrected chi connectivity index (χ3v) is 3.62. The van der Waals surface area contributed by atoms with E-state index in [1.807, 2.05) is 30.3 Å². The second-order valence-corrected chi connectivity index (χ2v) is 5.06. The summed E-state index contributed by atoms with van der Waals surface area (Å²) in [5.74, 6) is 1.43. The Morgan fingerprint density at radius 1 is 1.14 bits per heavy atom. The fourth-order valence-corrected chi connectivity index (χ4v) is 2.35. The Morgan fingerprint density at radius 2 is 2.00 bits per heavy atom. The van der Waals surface area contributed by atoms with E-state index in [-0.39, 0.29) is 6.79 Å². The number of anilines is 1. The largest absolute Gasteiger partial charge is 0.454 e. The van der Waals surface area contributed by atoms with Crippen molar-refractivity contribution in [1.82, 2.24) is 0 Å². The smallest absolute Gasteiger partial charge is 0.231 e. The SMILES string of the molecule is CCc1cccc(NCC(O)c2ccc3c(c2)OCO3)c1. The second-order valence-electron chi connectivity index (χ2n) is 5.06. The number of ether oxygens (including phenoxy) is 2. The molecule has 0 fully saturated rings. The van der Waals surface area contributed by atoms with E-state index < -0.39 is 6.10 Å². The normalized spacial score (nSPS) is 14.0. The highest BCUT2D eigenvalue weighted by atomic mass is 16.7. The average molecular weight is 285 g/mol. The first kappa shape index (κ1) is 13.8. The van der Waals surface area contributed by atoms with Crippen molar-refractivity contribution < 1.29 is 14.6 Å². The van der Waals surface area contributed by atoms with Crippen molar-refractivity contribution >= 4 is 5.69 Å². The van der Waals surface area contributed by atoms with Crippen molar-refractivity contribution in [2.75, 3.05) is 18.7 Å². The van der Waals surface area contributed by atoms with E-state index in [4.69, 9.17) is 9.47 Å². The fraction of sp³-hybridized carbons (Fsp3) is 0.294. The molecule has 110 valence electrons. The Kier molecular flexibility index (Phi) is 3.97. The molecule has 1 aliphatic rings. The first-order valence-corrected chi connectivity index (χ1v) is 7.16. The quantitative estimate of drug-likeness (QED) is 0.886. The summed E-state index contributed by atoms with van der Waals surface area (Å²) in [5, 5.41) is 13.5. The van der Waals surface area contributed by atoms with Crippen LogP contribution in [-0.2, 0) is 6.42 Å². The number of fused-ring (bicyclic) bond motifs is 1. The summed E-state index contributed by atoms with van der Waals surface area (Å²) in [6.07, 6.45) is 0.407. The summed E-state index contributed by atoms with van der Waals surface area (Å²) in [7, 11) is 0. The molecule has 0 bridgehead atoms. The minimum atomic E-state index is -0.593. The van der Waals surface area contributed by atoms with Crippen LogP contribution in [-0.4, -0.2) is 18.4 Å². The second kappa shape index (κ2) is 6.06. The van der Waals surface area contributed by atoms with Crippen LogP contribution in [0.15, 0.2) is 42.5 Å². The van der Waals surface area contributed by atoms with Crippen LogP contribution in [0.3, 0.4) is 0 Å². The Labute approximate surface area is 124 Å². The molecule has 2 N–H and O–H groups in total. The highest BCUT2D eigenvalue weighted by molar-refractivity contribution is 5.47. The molecule has 2 aromatic rings. The van der Waals surface area contributed by atoms with Crippen LogP contribution in [0.2, 0.25) is 0 Å². The number of aliphatic hydroxyl groups is 1. The summed E-state index contributed by atoms with van der Waals surface area (Å²) >= 11 is 0. The van der Waals surface area contributed by atoms with Crippen molar-refractivity contribution in [2.45, 2.75) is 19.4 Å². The zero-order valence-electron chi connectivity index (χ0n) is 12.0. The maximum absolute atomic E-state index is 10.3. The third-order valence-electron chi connectivity index (χ3n) is 3.62. The lowest BCUT2D eigenvalue weighted by atomic mass is 10.1. The van der Waals surface area contributed by atoms with E-state index in [0.717, 1.165) is 23.4 Å². The monoisotopic (exact) mass is 285 g/mol. The molecule has 0 saturated heterocycles. The van der Waals surface area contributed by atoms with Crippen molar-refractivity contribution in [3.05, 3.63) is 53.6 Å². The molecular weight excluding hydrogens is 266 g/mol. The van der Waals surface area contributed by atoms with E-state index in [2.05, 4.69) is 24.4 Å². The summed E-state index contributed by atoms with van der Waals surface area (Å²) in [6.45, 7) is 2.82. The number of nitrogens with one attached hydrogen (secondary N) is 1. The molecule has 0 saturated carbocycles. The molecule has 0 spiro atoms. The molecule has 1 atom stereocenters. The summed E-state index contributed by atoms with van der Waals surface area (Å²) < 4.78 is 10.6. The maximum atomic E-state index is 10.3. The van der Waals surface area contributed by atoms with Gasteiger partial charge in [0.1, 0.15) is 0 Å². The van der Waals surface area contributed by atoms with Gasteiger partial charge in [0.05, 0.1) is 6.10 Å². The van der Waals surface area contributed by atoms with Gasteiger partial charge in [0.2, 0.25) is 6.79 Å². The summed E-state index contributed by atoms with van der Waals surface area (Å²) in [5.41, 5.74) is 3.12. The molecule has 21 heavy (non-hydrogen) atoms. The molecule has 4 heteroatoms. The van der Waals surface area contributed by atoms with Crippen LogP contribution < -0.4 is 14.8 Å². The van der Waals surface area contributed by atoms with Crippen molar-refractivity contribution in [1.29, 1.82) is 0 Å². The first-order valence-electron chi connectivity index (χ1n) is 7.16. The Hall–Kier alpha value is -2.20. The lowest BCUT2D eigenvalue weighted by Gasteiger charge is -2.14. The minimum Gasteiger partial charge on any atom is -0.454 e. The van der Waals surface area contributed by atoms with Gasteiger partial charge in [-0.25, -0.2) is 0 Å². The Balaban J connectivity index is 1.64. The third kappa shape index (κ3) is 3.11. The standard InChI is InChI=1S/C17H19NO3/c1-2-12-4-3-5-14(8-12)18-10-15(19)13-6-7-16-17(9-13)21-11-20-16/h3-9,15,18-19H,2,10-11H2,1H3. The van der Waals surface area contributed by atoms with Crippen LogP contribution in [0, 0.1) is 0 Å². The lowest BCUT2D eigenvalue weighted by molar-refractivity contribution is 0.173. The van der Waals surface area contributed by atoms with E-state index >= 15 is 0 Å². The zero-order chi connectivity index (χ0) is 14.7. The van der Waals surface area contributed by atoms with Gasteiger partial charge in [0, 0.05) is 12.2 Å². The molecule has 4 nitrogen and oxygen atoms in total. The topological polar surface area (TPSA) is 50.7 Å². The number of aliphatic hydroxyl groups excluding tert-OH is 1. The van der Waals surface area contributed by atoms with Gasteiger partial charge in [-0.3, -0.25) is 0 Å². The van der Waals surface area contributed by atoms with Gasteiger partial charge in [0.15, 0.2) is 11.5 Å². The zero-order valence-corrected chi connectivity index (χ0v) is 12.0. The number of aryl methyl sites for hydroxylation is 1. The van der Waals surface area contributed by atoms with Crippen LogP contribution in [0.5, 0.6) is 11.5 Å². The molecule has 1 heterocycles. The highest BCUT2D eigenvalue weighted by Gasteiger charge is 2.16. The molecular formula is C17H19NO3. The number of rotatable bonds is 5. The average Bonchev–Trinajstić information content (AvgIpc) is 3.00. The van der Waals surface area contributed by atoms with Gasteiger partial charge in [-0.05, 0) is 41.8 Å².